The van der Waals surface area contributed by atoms with Crippen molar-refractivity contribution in [3.05, 3.63) is 30.1 Å². The quantitative estimate of drug-likeness (QED) is 0.0390. The lowest BCUT2D eigenvalue weighted by Crippen LogP contribution is -2.47. The Bertz CT molecular complexity index is 933. The summed E-state index contributed by atoms with van der Waals surface area (Å²) in [5.74, 6) is 0. The molecule has 14 nitrogen and oxygen atoms in total. The Labute approximate surface area is 331 Å². The Kier molecular flexibility index (Phi) is 30.7. The lowest BCUT2D eigenvalue weighted by molar-refractivity contribution is 0.146. The molecule has 0 atom stereocenters. The van der Waals surface area contributed by atoms with Crippen molar-refractivity contribution < 1.29 is 0 Å². The summed E-state index contributed by atoms with van der Waals surface area (Å²) in [7, 11) is 0. The molecule has 1 aromatic heterocycles. The van der Waals surface area contributed by atoms with Gasteiger partial charge in [-0.25, -0.2) is 0 Å². The van der Waals surface area contributed by atoms with Gasteiger partial charge in [0.05, 0.1) is 0 Å². The van der Waals surface area contributed by atoms with E-state index in [1.54, 1.807) is 0 Å². The van der Waals surface area contributed by atoms with Crippen molar-refractivity contribution in [3.63, 3.8) is 0 Å². The second kappa shape index (κ2) is 32.7. The number of aromatic nitrogens is 1. The van der Waals surface area contributed by atoms with Crippen LogP contribution < -0.4 is 49.9 Å². The van der Waals surface area contributed by atoms with Gasteiger partial charge in [0, 0.05) is 163 Å². The van der Waals surface area contributed by atoms with Gasteiger partial charge in [-0.1, -0.05) is 27.7 Å². The summed E-state index contributed by atoms with van der Waals surface area (Å²) in [4.78, 5) is 14.4. The maximum absolute atomic E-state index is 6.24. The molecule has 0 bridgehead atoms. The second-order valence-corrected chi connectivity index (χ2v) is 15.2. The lowest BCUT2D eigenvalue weighted by Gasteiger charge is -2.36. The number of hydrogen-bond donors (Lipinski definition) is 9. The van der Waals surface area contributed by atoms with Gasteiger partial charge >= 0.3 is 0 Å². The number of hydrogen-bond acceptors (Lipinski definition) is 14. The lowest BCUT2D eigenvalue weighted by atomic mass is 9.82. The van der Waals surface area contributed by atoms with Crippen molar-refractivity contribution in [1.29, 1.82) is 0 Å². The Hall–Kier alpha value is -1.37. The Balaban J connectivity index is 2.83. The molecule has 14 heteroatoms. The molecule has 0 aliphatic rings. The number of pyridine rings is 1. The first-order valence-corrected chi connectivity index (χ1v) is 21.4. The first-order chi connectivity index (χ1) is 26.3. The molecule has 318 valence electrons. The van der Waals surface area contributed by atoms with E-state index in [0.29, 0.717) is 19.6 Å². The summed E-state index contributed by atoms with van der Waals surface area (Å²) in [6.07, 6.45) is 8.07. The largest absolute Gasteiger partial charge is 0.330 e. The molecule has 0 amide bonds. The smallest absolute Gasteiger partial charge is 0.0271 e. The Morgan fingerprint density at radius 1 is 0.481 bits per heavy atom. The fourth-order valence-corrected chi connectivity index (χ4v) is 6.99. The van der Waals surface area contributed by atoms with Gasteiger partial charge in [0.15, 0.2) is 0 Å². The van der Waals surface area contributed by atoms with Gasteiger partial charge in [-0.2, -0.15) is 0 Å². The van der Waals surface area contributed by atoms with Crippen LogP contribution in [0.25, 0.3) is 0 Å². The minimum absolute atomic E-state index is 0.169. The summed E-state index contributed by atoms with van der Waals surface area (Å²) in [5, 5.41) is 14.6. The summed E-state index contributed by atoms with van der Waals surface area (Å²) < 4.78 is 0. The van der Waals surface area contributed by atoms with Gasteiger partial charge in [0.2, 0.25) is 0 Å². The van der Waals surface area contributed by atoms with Crippen molar-refractivity contribution in [2.24, 2.45) is 39.5 Å². The van der Waals surface area contributed by atoms with Crippen LogP contribution in [0.15, 0.2) is 24.5 Å². The highest BCUT2D eigenvalue weighted by atomic mass is 15.2. The van der Waals surface area contributed by atoms with Gasteiger partial charge in [0.25, 0.3) is 0 Å². The van der Waals surface area contributed by atoms with E-state index in [2.05, 4.69) is 85.7 Å². The molecule has 0 unspecified atom stereocenters. The summed E-state index contributed by atoms with van der Waals surface area (Å²) in [5.41, 5.74) is 31.9. The molecule has 0 aliphatic heterocycles. The van der Waals surface area contributed by atoms with Crippen molar-refractivity contribution >= 4 is 0 Å². The molecule has 0 aliphatic carbocycles. The van der Waals surface area contributed by atoms with Gasteiger partial charge < -0.3 is 54.8 Å². The predicted molar refractivity (Wildman–Crippen MR) is 232 cm³/mol. The minimum Gasteiger partial charge on any atom is -0.330 e. The molecular formula is C40H88N14. The van der Waals surface area contributed by atoms with Crippen molar-refractivity contribution in [3.8, 4) is 0 Å². The SMILES string of the molecule is CCC(CC)(CN)CNCCN(CCN(CCN)CCNCc1ccncc1)CCN(CCNCCN)CCNCCN(CCN)CC(CC)(CC)CN. The number of rotatable bonds is 39. The normalized spacial score (nSPS) is 12.7. The average molecular weight is 765 g/mol. The fourth-order valence-electron chi connectivity index (χ4n) is 6.99. The highest BCUT2D eigenvalue weighted by Crippen LogP contribution is 2.26. The summed E-state index contributed by atoms with van der Waals surface area (Å²) in [6, 6.07) is 4.13. The first kappa shape index (κ1) is 50.6. The summed E-state index contributed by atoms with van der Waals surface area (Å²) in [6.45, 7) is 31.6. The molecule has 0 fully saturated rings. The molecule has 0 aromatic carbocycles. The number of nitrogens with one attached hydrogen (secondary N) is 4. The van der Waals surface area contributed by atoms with Crippen LogP contribution in [0.4, 0.5) is 0 Å². The van der Waals surface area contributed by atoms with E-state index >= 15 is 0 Å². The second-order valence-electron chi connectivity index (χ2n) is 15.2. The van der Waals surface area contributed by atoms with Crippen LogP contribution in [-0.2, 0) is 6.54 Å². The Morgan fingerprint density at radius 2 is 0.907 bits per heavy atom. The van der Waals surface area contributed by atoms with Crippen LogP contribution in [-0.4, -0.2) is 182 Å². The monoisotopic (exact) mass is 765 g/mol. The van der Waals surface area contributed by atoms with Crippen LogP contribution in [0, 0.1) is 10.8 Å². The Morgan fingerprint density at radius 3 is 1.39 bits per heavy atom. The highest BCUT2D eigenvalue weighted by molar-refractivity contribution is 5.08. The number of nitrogens with two attached hydrogens (primary N) is 5. The average Bonchev–Trinajstić information content (AvgIpc) is 3.20. The molecule has 0 saturated heterocycles. The van der Waals surface area contributed by atoms with Gasteiger partial charge in [-0.05, 0) is 67.3 Å². The van der Waals surface area contributed by atoms with E-state index in [4.69, 9.17) is 28.7 Å². The van der Waals surface area contributed by atoms with E-state index in [-0.39, 0.29) is 10.8 Å². The van der Waals surface area contributed by atoms with Crippen molar-refractivity contribution in [1.82, 2.24) is 45.9 Å². The third-order valence-electron chi connectivity index (χ3n) is 11.7. The maximum atomic E-state index is 6.24. The highest BCUT2D eigenvalue weighted by Gasteiger charge is 2.27. The van der Waals surface area contributed by atoms with Crippen LogP contribution in [0.3, 0.4) is 0 Å². The predicted octanol–water partition coefficient (Wildman–Crippen LogP) is -0.446. The van der Waals surface area contributed by atoms with Gasteiger partial charge in [0.1, 0.15) is 0 Å². The molecule has 54 heavy (non-hydrogen) atoms. The fraction of sp³-hybridized carbons (Fsp3) is 0.875. The number of nitrogens with zero attached hydrogens (tertiary/aromatic N) is 5. The molecule has 0 saturated carbocycles. The zero-order chi connectivity index (χ0) is 39.8. The van der Waals surface area contributed by atoms with Crippen LogP contribution in [0.2, 0.25) is 0 Å². The standard InChI is InChI=1S/C40H88N14/c1-5-39(6-2,34-44)36-50-21-27-53(31-29-51(22-12-42)26-20-49-33-38-9-14-46-15-10-38)32-30-52(24-17-47-16-11-41)25-18-48-19-28-54(23-13-43)37-40(7-3,8-4)35-45/h9-10,14-15,47-50H,5-8,11-13,16-37,41-45H2,1-4H3. The molecular weight excluding hydrogens is 677 g/mol. The molecule has 0 spiro atoms. The summed E-state index contributed by atoms with van der Waals surface area (Å²) >= 11 is 0. The van der Waals surface area contributed by atoms with E-state index in [1.165, 1.54) is 5.56 Å². The first-order valence-electron chi connectivity index (χ1n) is 21.4. The third-order valence-corrected chi connectivity index (χ3v) is 11.7. The third kappa shape index (κ3) is 22.4. The molecule has 1 heterocycles. The van der Waals surface area contributed by atoms with E-state index in [9.17, 15) is 0 Å². The van der Waals surface area contributed by atoms with Gasteiger partial charge in [-0.15, -0.1) is 0 Å². The van der Waals surface area contributed by atoms with E-state index in [0.717, 1.165) is 170 Å². The van der Waals surface area contributed by atoms with Crippen molar-refractivity contribution in [2.75, 3.05) is 157 Å². The maximum Gasteiger partial charge on any atom is 0.0271 e. The van der Waals surface area contributed by atoms with Crippen LogP contribution in [0.1, 0.15) is 58.9 Å². The minimum atomic E-state index is 0.169. The zero-order valence-electron chi connectivity index (χ0n) is 35.4. The zero-order valence-corrected chi connectivity index (χ0v) is 35.4. The van der Waals surface area contributed by atoms with Crippen LogP contribution >= 0.6 is 0 Å². The van der Waals surface area contributed by atoms with Gasteiger partial charge in [-0.3, -0.25) is 19.7 Å². The molecule has 1 rings (SSSR count). The molecule has 1 aromatic rings. The van der Waals surface area contributed by atoms with E-state index in [1.807, 2.05) is 12.4 Å². The topological polar surface area (TPSA) is 204 Å². The van der Waals surface area contributed by atoms with E-state index < -0.39 is 0 Å². The molecule has 0 radical (unpaired) electrons. The van der Waals surface area contributed by atoms with Crippen LogP contribution in [0.5, 0.6) is 0 Å². The molecule has 14 N–H and O–H groups in total. The van der Waals surface area contributed by atoms with Crippen molar-refractivity contribution in [2.45, 2.75) is 59.9 Å².